The van der Waals surface area contributed by atoms with Gasteiger partial charge in [-0.25, -0.2) is 0 Å². The molecule has 0 radical (unpaired) electrons. The van der Waals surface area contributed by atoms with Crippen LogP contribution in [0.5, 0.6) is 0 Å². The molecule has 7 heteroatoms. The Bertz CT molecular complexity index is 627. The first-order valence-corrected chi connectivity index (χ1v) is 9.24. The molecule has 3 atom stereocenters. The maximum atomic E-state index is 13.1. The average molecular weight is 347 g/mol. The summed E-state index contributed by atoms with van der Waals surface area (Å²) in [5, 5.41) is 10.7. The molecule has 0 aliphatic carbocycles. The van der Waals surface area contributed by atoms with Gasteiger partial charge >= 0.3 is 0 Å². The third-order valence-corrected chi connectivity index (χ3v) is 5.29. The molecule has 2 amide bonds. The Morgan fingerprint density at radius 2 is 2.16 bits per heavy atom. The first-order valence-electron chi connectivity index (χ1n) is 9.24. The van der Waals surface area contributed by atoms with E-state index in [9.17, 15) is 9.59 Å². The molecule has 3 rings (SSSR count). The lowest BCUT2D eigenvalue weighted by Crippen LogP contribution is -2.52. The van der Waals surface area contributed by atoms with Crippen molar-refractivity contribution >= 4 is 11.8 Å². The minimum atomic E-state index is -0.0521. The number of nitrogens with zero attached hydrogens (tertiary/aromatic N) is 3. The number of rotatable bonds is 4. The molecule has 0 bridgehead atoms. The molecule has 0 spiro atoms. The highest BCUT2D eigenvalue weighted by Gasteiger charge is 2.38. The number of amides is 2. The predicted molar refractivity (Wildman–Crippen MR) is 94.9 cm³/mol. The van der Waals surface area contributed by atoms with Crippen LogP contribution in [-0.4, -0.2) is 58.7 Å². The van der Waals surface area contributed by atoms with Gasteiger partial charge in [0.05, 0.1) is 12.1 Å². The monoisotopic (exact) mass is 347 g/mol. The van der Waals surface area contributed by atoms with Crippen molar-refractivity contribution in [3.8, 4) is 0 Å². The van der Waals surface area contributed by atoms with Gasteiger partial charge in [0.15, 0.2) is 0 Å². The number of carbonyl (C=O) groups excluding carboxylic acids is 2. The van der Waals surface area contributed by atoms with Crippen LogP contribution in [0, 0.1) is 11.8 Å². The topological polar surface area (TPSA) is 79.3 Å². The van der Waals surface area contributed by atoms with Gasteiger partial charge in [-0.3, -0.25) is 14.3 Å². The number of nitrogens with one attached hydrogen (secondary N) is 2. The van der Waals surface area contributed by atoms with E-state index in [0.29, 0.717) is 13.1 Å². The van der Waals surface area contributed by atoms with Gasteiger partial charge in [-0.2, -0.15) is 5.10 Å². The molecule has 7 nitrogen and oxygen atoms in total. The van der Waals surface area contributed by atoms with Crippen molar-refractivity contribution in [2.24, 2.45) is 18.9 Å². The summed E-state index contributed by atoms with van der Waals surface area (Å²) in [4.78, 5) is 27.0. The van der Waals surface area contributed by atoms with Crippen LogP contribution in [0.1, 0.15) is 38.2 Å². The summed E-state index contributed by atoms with van der Waals surface area (Å²) in [6, 6.07) is 0.0683. The van der Waals surface area contributed by atoms with Crippen molar-refractivity contribution in [3.63, 3.8) is 0 Å². The number of carbonyl (C=O) groups is 2. The zero-order valence-corrected chi connectivity index (χ0v) is 15.4. The SMILES string of the molecule is CC(C)C(=O)NC1CCCN(C(=O)[C@H]2CNC[C@@H]2c2cnn(C)c2)C1. The maximum Gasteiger partial charge on any atom is 0.227 e. The summed E-state index contributed by atoms with van der Waals surface area (Å²) in [5.74, 6) is 0.355. The first-order chi connectivity index (χ1) is 12.0. The zero-order valence-electron chi connectivity index (χ0n) is 15.4. The zero-order chi connectivity index (χ0) is 18.0. The predicted octanol–water partition coefficient (Wildman–Crippen LogP) is 0.486. The molecule has 25 heavy (non-hydrogen) atoms. The Kier molecular flexibility index (Phi) is 5.42. The lowest BCUT2D eigenvalue weighted by atomic mass is 9.89. The summed E-state index contributed by atoms with van der Waals surface area (Å²) in [6.07, 6.45) is 5.74. The molecular weight excluding hydrogens is 318 g/mol. The largest absolute Gasteiger partial charge is 0.351 e. The van der Waals surface area contributed by atoms with E-state index in [-0.39, 0.29) is 35.6 Å². The van der Waals surface area contributed by atoms with Gasteiger partial charge < -0.3 is 15.5 Å². The average Bonchev–Trinajstić information content (AvgIpc) is 3.22. The van der Waals surface area contributed by atoms with Crippen molar-refractivity contribution in [2.45, 2.75) is 38.6 Å². The standard InChI is InChI=1S/C18H29N5O2/c1-12(2)17(24)21-14-5-4-6-23(11-14)18(25)16-9-19-8-15(16)13-7-20-22(3)10-13/h7,10,12,14-16,19H,4-6,8-9,11H2,1-3H3,(H,21,24)/t14?,15-,16+/m1/s1. The Morgan fingerprint density at radius 1 is 1.36 bits per heavy atom. The van der Waals surface area contributed by atoms with Gasteiger partial charge in [0.2, 0.25) is 11.8 Å². The van der Waals surface area contributed by atoms with Crippen LogP contribution >= 0.6 is 0 Å². The smallest absolute Gasteiger partial charge is 0.227 e. The molecule has 2 aliphatic rings. The van der Waals surface area contributed by atoms with Gasteiger partial charge in [-0.15, -0.1) is 0 Å². The van der Waals surface area contributed by atoms with Gasteiger partial charge in [0.1, 0.15) is 0 Å². The number of aryl methyl sites for hydroxylation is 1. The van der Waals surface area contributed by atoms with Crippen molar-refractivity contribution in [1.29, 1.82) is 0 Å². The number of likely N-dealkylation sites (tertiary alicyclic amines) is 1. The Hall–Kier alpha value is -1.89. The van der Waals surface area contributed by atoms with E-state index in [1.807, 2.05) is 38.2 Å². The van der Waals surface area contributed by atoms with Gasteiger partial charge in [0.25, 0.3) is 0 Å². The quantitative estimate of drug-likeness (QED) is 0.831. The molecule has 1 aromatic heterocycles. The van der Waals surface area contributed by atoms with Crippen molar-refractivity contribution < 1.29 is 9.59 Å². The van der Waals surface area contributed by atoms with E-state index >= 15 is 0 Å². The highest BCUT2D eigenvalue weighted by atomic mass is 16.2. The van der Waals surface area contributed by atoms with Crippen LogP contribution < -0.4 is 10.6 Å². The van der Waals surface area contributed by atoms with Crippen LogP contribution in [0.15, 0.2) is 12.4 Å². The number of piperidine rings is 1. The Labute approximate surface area is 149 Å². The second kappa shape index (κ2) is 7.56. The van der Waals surface area contributed by atoms with E-state index in [0.717, 1.165) is 31.5 Å². The maximum absolute atomic E-state index is 13.1. The molecule has 0 saturated carbocycles. The Balaban J connectivity index is 1.64. The van der Waals surface area contributed by atoms with Crippen LogP contribution in [-0.2, 0) is 16.6 Å². The molecule has 1 unspecified atom stereocenters. The lowest BCUT2D eigenvalue weighted by Gasteiger charge is -2.35. The van der Waals surface area contributed by atoms with Crippen molar-refractivity contribution in [3.05, 3.63) is 18.0 Å². The lowest BCUT2D eigenvalue weighted by molar-refractivity contribution is -0.137. The molecular formula is C18H29N5O2. The van der Waals surface area contributed by atoms with Gasteiger partial charge in [-0.1, -0.05) is 13.8 Å². The number of aromatic nitrogens is 2. The number of hydrogen-bond acceptors (Lipinski definition) is 4. The summed E-state index contributed by atoms with van der Waals surface area (Å²) < 4.78 is 1.79. The van der Waals surface area contributed by atoms with Gasteiger partial charge in [-0.05, 0) is 18.4 Å². The van der Waals surface area contributed by atoms with Gasteiger partial charge in [0, 0.05) is 57.3 Å². The van der Waals surface area contributed by atoms with E-state index in [1.165, 1.54) is 0 Å². The van der Waals surface area contributed by atoms with E-state index in [4.69, 9.17) is 0 Å². The van der Waals surface area contributed by atoms with E-state index < -0.39 is 0 Å². The van der Waals surface area contributed by atoms with Crippen LogP contribution in [0.25, 0.3) is 0 Å². The normalized spacial score (nSPS) is 26.9. The van der Waals surface area contributed by atoms with Crippen LogP contribution in [0.2, 0.25) is 0 Å². The third kappa shape index (κ3) is 4.03. The fourth-order valence-electron chi connectivity index (χ4n) is 3.82. The molecule has 2 saturated heterocycles. The first kappa shape index (κ1) is 17.9. The molecule has 138 valence electrons. The highest BCUT2D eigenvalue weighted by Crippen LogP contribution is 2.30. The van der Waals surface area contributed by atoms with Crippen LogP contribution in [0.3, 0.4) is 0 Å². The van der Waals surface area contributed by atoms with E-state index in [2.05, 4.69) is 15.7 Å². The highest BCUT2D eigenvalue weighted by molar-refractivity contribution is 5.81. The van der Waals surface area contributed by atoms with Crippen LogP contribution in [0.4, 0.5) is 0 Å². The molecule has 0 aromatic carbocycles. The summed E-state index contributed by atoms with van der Waals surface area (Å²) in [7, 11) is 1.90. The third-order valence-electron chi connectivity index (χ3n) is 5.29. The van der Waals surface area contributed by atoms with E-state index in [1.54, 1.807) is 4.68 Å². The Morgan fingerprint density at radius 3 is 2.84 bits per heavy atom. The molecule has 1 aromatic rings. The minimum absolute atomic E-state index is 0.0277. The number of hydrogen-bond donors (Lipinski definition) is 2. The fraction of sp³-hybridized carbons (Fsp3) is 0.722. The summed E-state index contributed by atoms with van der Waals surface area (Å²) in [6.45, 7) is 6.70. The van der Waals surface area contributed by atoms with Crippen molar-refractivity contribution in [1.82, 2.24) is 25.3 Å². The van der Waals surface area contributed by atoms with Crippen molar-refractivity contribution in [2.75, 3.05) is 26.2 Å². The summed E-state index contributed by atoms with van der Waals surface area (Å²) in [5.41, 5.74) is 1.12. The molecule has 2 N–H and O–H groups in total. The minimum Gasteiger partial charge on any atom is -0.351 e. The fourth-order valence-corrected chi connectivity index (χ4v) is 3.82. The molecule has 3 heterocycles. The molecule has 2 aliphatic heterocycles. The molecule has 2 fully saturated rings. The second-order valence-corrected chi connectivity index (χ2v) is 7.61. The summed E-state index contributed by atoms with van der Waals surface area (Å²) >= 11 is 0. The second-order valence-electron chi connectivity index (χ2n) is 7.61.